The lowest BCUT2D eigenvalue weighted by molar-refractivity contribution is -0.136. The van der Waals surface area contributed by atoms with E-state index in [-0.39, 0.29) is 18.0 Å². The number of carbonyl (C=O) groups excluding carboxylic acids is 1. The van der Waals surface area contributed by atoms with E-state index in [9.17, 15) is 23.1 Å². The second-order valence-electron chi connectivity index (χ2n) is 8.16. The van der Waals surface area contributed by atoms with Crippen molar-refractivity contribution < 1.29 is 23.1 Å². The van der Waals surface area contributed by atoms with E-state index in [1.165, 1.54) is 12.3 Å². The SMILES string of the molecule is CC(O)CNC(=O)c1cccc(-c2c(Cc3ccccc3)cnc3c(C(F)(F)F)cccc23)c1. The third kappa shape index (κ3) is 5.10. The molecule has 4 nitrogen and oxygen atoms in total. The highest BCUT2D eigenvalue weighted by molar-refractivity contribution is 6.00. The second-order valence-corrected chi connectivity index (χ2v) is 8.16. The highest BCUT2D eigenvalue weighted by Crippen LogP contribution is 2.39. The van der Waals surface area contributed by atoms with Crippen LogP contribution < -0.4 is 5.32 Å². The molecule has 1 unspecified atom stereocenters. The van der Waals surface area contributed by atoms with Crippen LogP contribution >= 0.6 is 0 Å². The molecule has 0 fully saturated rings. The van der Waals surface area contributed by atoms with E-state index < -0.39 is 17.8 Å². The molecule has 4 aromatic rings. The fourth-order valence-corrected chi connectivity index (χ4v) is 3.94. The first-order chi connectivity index (χ1) is 16.2. The molecule has 0 aliphatic rings. The van der Waals surface area contributed by atoms with E-state index in [0.29, 0.717) is 28.5 Å². The standard InChI is InChI=1S/C27H23F3N2O2/c1-17(33)15-32-26(34)20-10-5-9-19(14-20)24-21(13-18-7-3-2-4-8-18)16-31-25-22(24)11-6-12-23(25)27(28,29)30/h2-12,14,16-17,33H,13,15H2,1H3,(H,32,34). The van der Waals surface area contributed by atoms with E-state index in [1.807, 2.05) is 30.3 Å². The molecule has 0 aliphatic carbocycles. The van der Waals surface area contributed by atoms with E-state index in [0.717, 1.165) is 17.2 Å². The van der Waals surface area contributed by atoms with Gasteiger partial charge in [-0.25, -0.2) is 0 Å². The molecule has 0 aliphatic heterocycles. The largest absolute Gasteiger partial charge is 0.418 e. The van der Waals surface area contributed by atoms with Crippen molar-refractivity contribution in [1.82, 2.24) is 10.3 Å². The quantitative estimate of drug-likeness (QED) is 0.389. The van der Waals surface area contributed by atoms with Crippen LogP contribution in [0.2, 0.25) is 0 Å². The molecule has 1 atom stereocenters. The van der Waals surface area contributed by atoms with Crippen molar-refractivity contribution in [2.75, 3.05) is 6.54 Å². The van der Waals surface area contributed by atoms with Crippen LogP contribution in [0.3, 0.4) is 0 Å². The van der Waals surface area contributed by atoms with Gasteiger partial charge in [0.05, 0.1) is 17.2 Å². The molecule has 1 amide bonds. The predicted octanol–water partition coefficient (Wildman–Crippen LogP) is 5.62. The van der Waals surface area contributed by atoms with Crippen molar-refractivity contribution in [3.05, 3.63) is 101 Å². The fraction of sp³-hybridized carbons (Fsp3) is 0.185. The van der Waals surface area contributed by atoms with Gasteiger partial charge in [0, 0.05) is 23.7 Å². The van der Waals surface area contributed by atoms with Crippen molar-refractivity contribution in [3.8, 4) is 11.1 Å². The van der Waals surface area contributed by atoms with Gasteiger partial charge >= 0.3 is 6.18 Å². The number of benzene rings is 3. The van der Waals surface area contributed by atoms with Gasteiger partial charge in [-0.1, -0.05) is 54.6 Å². The lowest BCUT2D eigenvalue weighted by Gasteiger charge is -2.17. The maximum absolute atomic E-state index is 13.7. The summed E-state index contributed by atoms with van der Waals surface area (Å²) in [5, 5.41) is 12.5. The zero-order chi connectivity index (χ0) is 24.3. The molecule has 34 heavy (non-hydrogen) atoms. The minimum absolute atomic E-state index is 0.0927. The number of hydrogen-bond acceptors (Lipinski definition) is 3. The number of halogens is 3. The Labute approximate surface area is 195 Å². The van der Waals surface area contributed by atoms with Crippen LogP contribution in [0.4, 0.5) is 13.2 Å². The number of rotatable bonds is 6. The van der Waals surface area contributed by atoms with Gasteiger partial charge in [-0.3, -0.25) is 9.78 Å². The monoisotopic (exact) mass is 464 g/mol. The molecule has 4 rings (SSSR count). The number of para-hydroxylation sites is 1. The predicted molar refractivity (Wildman–Crippen MR) is 125 cm³/mol. The summed E-state index contributed by atoms with van der Waals surface area (Å²) in [5.74, 6) is -0.373. The zero-order valence-corrected chi connectivity index (χ0v) is 18.4. The van der Waals surface area contributed by atoms with Crippen LogP contribution in [0, 0.1) is 0 Å². The van der Waals surface area contributed by atoms with Crippen LogP contribution in [0.5, 0.6) is 0 Å². The molecule has 0 saturated carbocycles. The molecule has 2 N–H and O–H groups in total. The second kappa shape index (κ2) is 9.65. The molecule has 174 valence electrons. The Morgan fingerprint density at radius 1 is 1.03 bits per heavy atom. The Morgan fingerprint density at radius 3 is 2.47 bits per heavy atom. The lowest BCUT2D eigenvalue weighted by Crippen LogP contribution is -2.30. The van der Waals surface area contributed by atoms with Gasteiger partial charge in [-0.2, -0.15) is 13.2 Å². The van der Waals surface area contributed by atoms with Gasteiger partial charge in [0.25, 0.3) is 5.91 Å². The summed E-state index contributed by atoms with van der Waals surface area (Å²) in [4.78, 5) is 16.8. The first kappa shape index (κ1) is 23.4. The number of fused-ring (bicyclic) bond motifs is 1. The van der Waals surface area contributed by atoms with Crippen LogP contribution in [0.25, 0.3) is 22.0 Å². The van der Waals surface area contributed by atoms with E-state index >= 15 is 0 Å². The average Bonchev–Trinajstić information content (AvgIpc) is 2.82. The molecule has 0 spiro atoms. The summed E-state index contributed by atoms with van der Waals surface area (Å²) in [6.45, 7) is 1.66. The summed E-state index contributed by atoms with van der Waals surface area (Å²) in [6, 6.07) is 20.4. The number of nitrogens with zero attached hydrogens (tertiary/aromatic N) is 1. The summed E-state index contributed by atoms with van der Waals surface area (Å²) in [5.41, 5.74) is 2.37. The zero-order valence-electron chi connectivity index (χ0n) is 18.4. The van der Waals surface area contributed by atoms with Crippen molar-refractivity contribution in [3.63, 3.8) is 0 Å². The smallest absolute Gasteiger partial charge is 0.392 e. The van der Waals surface area contributed by atoms with Crippen molar-refractivity contribution in [2.24, 2.45) is 0 Å². The Bertz CT molecular complexity index is 1320. The summed E-state index contributed by atoms with van der Waals surface area (Å²) >= 11 is 0. The number of aliphatic hydroxyl groups excluding tert-OH is 1. The van der Waals surface area contributed by atoms with Gasteiger partial charge in [0.15, 0.2) is 0 Å². The Hall–Kier alpha value is -3.71. The molecule has 0 radical (unpaired) electrons. The molecule has 1 heterocycles. The number of aliphatic hydroxyl groups is 1. The van der Waals surface area contributed by atoms with Crippen molar-refractivity contribution in [1.29, 1.82) is 0 Å². The average molecular weight is 464 g/mol. The molecular weight excluding hydrogens is 441 g/mol. The summed E-state index contributed by atoms with van der Waals surface area (Å²) in [6.07, 6.45) is -3.30. The van der Waals surface area contributed by atoms with Gasteiger partial charge in [-0.15, -0.1) is 0 Å². The maximum Gasteiger partial charge on any atom is 0.418 e. The van der Waals surface area contributed by atoms with Gasteiger partial charge in [0.1, 0.15) is 0 Å². The number of carbonyl (C=O) groups is 1. The topological polar surface area (TPSA) is 62.2 Å². The molecule has 3 aromatic carbocycles. The highest BCUT2D eigenvalue weighted by Gasteiger charge is 2.33. The first-order valence-electron chi connectivity index (χ1n) is 10.8. The summed E-state index contributed by atoms with van der Waals surface area (Å²) in [7, 11) is 0. The number of alkyl halides is 3. The van der Waals surface area contributed by atoms with E-state index in [1.54, 1.807) is 37.3 Å². The Balaban J connectivity index is 1.89. The Morgan fingerprint density at radius 2 is 1.76 bits per heavy atom. The molecule has 7 heteroatoms. The first-order valence-corrected chi connectivity index (χ1v) is 10.8. The molecule has 0 saturated heterocycles. The molecule has 1 aromatic heterocycles. The van der Waals surface area contributed by atoms with Crippen molar-refractivity contribution >= 4 is 16.8 Å². The summed E-state index contributed by atoms with van der Waals surface area (Å²) < 4.78 is 41.1. The van der Waals surface area contributed by atoms with Crippen LogP contribution in [-0.4, -0.2) is 28.6 Å². The third-order valence-corrected chi connectivity index (χ3v) is 5.49. The van der Waals surface area contributed by atoms with E-state index in [2.05, 4.69) is 10.3 Å². The van der Waals surface area contributed by atoms with Crippen LogP contribution in [-0.2, 0) is 12.6 Å². The van der Waals surface area contributed by atoms with Crippen molar-refractivity contribution in [2.45, 2.75) is 25.6 Å². The number of amides is 1. The number of pyridine rings is 1. The Kier molecular flexibility index (Phi) is 6.65. The minimum Gasteiger partial charge on any atom is -0.392 e. The highest BCUT2D eigenvalue weighted by atomic mass is 19.4. The normalized spacial score (nSPS) is 12.5. The van der Waals surface area contributed by atoms with E-state index in [4.69, 9.17) is 0 Å². The number of aromatic nitrogens is 1. The van der Waals surface area contributed by atoms with Gasteiger partial charge < -0.3 is 10.4 Å². The minimum atomic E-state index is -4.55. The lowest BCUT2D eigenvalue weighted by atomic mass is 9.91. The fourth-order valence-electron chi connectivity index (χ4n) is 3.94. The maximum atomic E-state index is 13.7. The van der Waals surface area contributed by atoms with Gasteiger partial charge in [0.2, 0.25) is 0 Å². The van der Waals surface area contributed by atoms with Crippen LogP contribution in [0.15, 0.2) is 79.0 Å². The molecular formula is C27H23F3N2O2. The van der Waals surface area contributed by atoms with Crippen LogP contribution in [0.1, 0.15) is 34.0 Å². The third-order valence-electron chi connectivity index (χ3n) is 5.49. The molecule has 0 bridgehead atoms. The number of nitrogens with one attached hydrogen (secondary N) is 1. The van der Waals surface area contributed by atoms with Gasteiger partial charge in [-0.05, 0) is 53.8 Å². The number of hydrogen-bond donors (Lipinski definition) is 2.